The molecule has 0 fully saturated rings. The molecule has 0 aliphatic carbocycles. The number of nitrogens with zero attached hydrogens (tertiary/aromatic N) is 1. The van der Waals surface area contributed by atoms with E-state index in [0.717, 1.165) is 5.56 Å². The van der Waals surface area contributed by atoms with Gasteiger partial charge in [0.25, 0.3) is 0 Å². The summed E-state index contributed by atoms with van der Waals surface area (Å²) in [5.74, 6) is 2.23. The fraction of sp³-hybridized carbons (Fsp3) is 0.0952. The Morgan fingerprint density at radius 3 is 2.19 bits per heavy atom. The van der Waals surface area contributed by atoms with Crippen LogP contribution in [-0.4, -0.2) is 10.2 Å². The van der Waals surface area contributed by atoms with Gasteiger partial charge >= 0.3 is 0 Å². The van der Waals surface area contributed by atoms with Gasteiger partial charge in [-0.2, -0.15) is 5.26 Å². The highest BCUT2D eigenvalue weighted by Crippen LogP contribution is 2.31. The molecule has 0 saturated heterocycles. The molecule has 0 spiro atoms. The predicted molar refractivity (Wildman–Crippen MR) is 96.0 cm³/mol. The lowest BCUT2D eigenvalue weighted by Crippen LogP contribution is -1.94. The number of hydrogen-bond donors (Lipinski definition) is 2. The van der Waals surface area contributed by atoms with Gasteiger partial charge in [0.05, 0.1) is 24.8 Å². The van der Waals surface area contributed by atoms with E-state index in [2.05, 4.69) is 6.07 Å². The van der Waals surface area contributed by atoms with Crippen LogP contribution in [0.5, 0.6) is 23.0 Å². The van der Waals surface area contributed by atoms with Crippen LogP contribution in [0.3, 0.4) is 0 Å². The third kappa shape index (κ3) is 4.19. The first-order valence-corrected chi connectivity index (χ1v) is 8.01. The first kappa shape index (κ1) is 17.5. The van der Waals surface area contributed by atoms with Crippen molar-refractivity contribution >= 4 is 0 Å². The number of aliphatic hydroxyl groups is 2. The van der Waals surface area contributed by atoms with E-state index >= 15 is 0 Å². The Morgan fingerprint density at radius 1 is 0.769 bits per heavy atom. The zero-order chi connectivity index (χ0) is 18.4. The molecule has 0 bridgehead atoms. The standard InChI is InChI=1S/C21H17NO4/c22-12-15-4-6-18(7-5-15)25-20-8-9-21(17(11-20)14-24)26-19-3-1-2-16(10-19)13-23/h1-11,23-24H,13-14H2. The summed E-state index contributed by atoms with van der Waals surface area (Å²) >= 11 is 0. The number of nitriles is 1. The minimum absolute atomic E-state index is 0.0680. The van der Waals surface area contributed by atoms with E-state index < -0.39 is 0 Å². The summed E-state index contributed by atoms with van der Waals surface area (Å²) in [5, 5.41) is 27.7. The second kappa shape index (κ2) is 8.17. The smallest absolute Gasteiger partial charge is 0.133 e. The molecule has 26 heavy (non-hydrogen) atoms. The summed E-state index contributed by atoms with van der Waals surface area (Å²) < 4.78 is 11.6. The number of benzene rings is 3. The van der Waals surface area contributed by atoms with Gasteiger partial charge in [-0.1, -0.05) is 12.1 Å². The topological polar surface area (TPSA) is 82.7 Å². The molecule has 0 aliphatic heterocycles. The summed E-state index contributed by atoms with van der Waals surface area (Å²) in [7, 11) is 0. The third-order valence-electron chi connectivity index (χ3n) is 3.73. The largest absolute Gasteiger partial charge is 0.457 e. The van der Waals surface area contributed by atoms with Crippen molar-refractivity contribution in [1.82, 2.24) is 0 Å². The van der Waals surface area contributed by atoms with Crippen LogP contribution >= 0.6 is 0 Å². The van der Waals surface area contributed by atoms with Gasteiger partial charge in [0.15, 0.2) is 0 Å². The Hall–Kier alpha value is -3.33. The second-order valence-electron chi connectivity index (χ2n) is 5.57. The third-order valence-corrected chi connectivity index (χ3v) is 3.73. The van der Waals surface area contributed by atoms with Crippen LogP contribution in [0, 0.1) is 11.3 Å². The quantitative estimate of drug-likeness (QED) is 0.701. The Balaban J connectivity index is 1.79. The van der Waals surface area contributed by atoms with Crippen molar-refractivity contribution in [3.05, 3.63) is 83.4 Å². The first-order valence-electron chi connectivity index (χ1n) is 8.01. The van der Waals surface area contributed by atoms with Crippen LogP contribution in [0.15, 0.2) is 66.7 Å². The Kier molecular flexibility index (Phi) is 5.49. The number of ether oxygens (including phenoxy) is 2. The maximum atomic E-state index is 9.64. The van der Waals surface area contributed by atoms with Crippen molar-refractivity contribution in [2.75, 3.05) is 0 Å². The highest BCUT2D eigenvalue weighted by atomic mass is 16.5. The Labute approximate surface area is 151 Å². The molecule has 0 heterocycles. The predicted octanol–water partition coefficient (Wildman–Crippen LogP) is 4.13. The van der Waals surface area contributed by atoms with Crippen LogP contribution in [0.4, 0.5) is 0 Å². The van der Waals surface area contributed by atoms with Crippen LogP contribution in [0.25, 0.3) is 0 Å². The van der Waals surface area contributed by atoms with E-state index in [9.17, 15) is 10.2 Å². The first-order chi connectivity index (χ1) is 12.7. The summed E-state index contributed by atoms with van der Waals surface area (Å²) in [6, 6.07) is 21.1. The molecular weight excluding hydrogens is 330 g/mol. The van der Waals surface area contributed by atoms with Gasteiger partial charge in [-0.15, -0.1) is 0 Å². The van der Waals surface area contributed by atoms with E-state index in [1.807, 2.05) is 0 Å². The molecule has 5 nitrogen and oxygen atoms in total. The fourth-order valence-electron chi connectivity index (χ4n) is 2.41. The molecule has 0 unspecified atom stereocenters. The molecule has 0 aliphatic rings. The molecule has 130 valence electrons. The Bertz CT molecular complexity index is 929. The molecule has 3 rings (SSSR count). The van der Waals surface area contributed by atoms with Crippen molar-refractivity contribution in [3.63, 3.8) is 0 Å². The highest BCUT2D eigenvalue weighted by Gasteiger charge is 2.08. The van der Waals surface area contributed by atoms with Crippen molar-refractivity contribution in [2.45, 2.75) is 13.2 Å². The van der Waals surface area contributed by atoms with E-state index in [4.69, 9.17) is 14.7 Å². The number of rotatable bonds is 6. The maximum absolute atomic E-state index is 9.64. The second-order valence-corrected chi connectivity index (χ2v) is 5.57. The number of aliphatic hydroxyl groups excluding tert-OH is 2. The average Bonchev–Trinajstić information content (AvgIpc) is 2.70. The van der Waals surface area contributed by atoms with Gasteiger partial charge in [-0.05, 0) is 60.2 Å². The molecule has 0 radical (unpaired) electrons. The summed E-state index contributed by atoms with van der Waals surface area (Å²) in [4.78, 5) is 0. The van der Waals surface area contributed by atoms with E-state index in [1.165, 1.54) is 0 Å². The van der Waals surface area contributed by atoms with Gasteiger partial charge in [-0.3, -0.25) is 0 Å². The molecule has 3 aromatic rings. The summed E-state index contributed by atoms with van der Waals surface area (Å²) in [6.07, 6.45) is 0. The summed E-state index contributed by atoms with van der Waals surface area (Å²) in [5.41, 5.74) is 1.88. The van der Waals surface area contributed by atoms with Crippen LogP contribution < -0.4 is 9.47 Å². The van der Waals surface area contributed by atoms with Gasteiger partial charge in [-0.25, -0.2) is 0 Å². The monoisotopic (exact) mass is 347 g/mol. The van der Waals surface area contributed by atoms with Gasteiger partial charge in [0, 0.05) is 5.56 Å². The van der Waals surface area contributed by atoms with Gasteiger partial charge in [0.1, 0.15) is 23.0 Å². The Morgan fingerprint density at radius 2 is 1.50 bits per heavy atom. The SMILES string of the molecule is N#Cc1ccc(Oc2ccc(Oc3cccc(CO)c3)c(CO)c2)cc1. The lowest BCUT2D eigenvalue weighted by molar-refractivity contribution is 0.275. The van der Waals surface area contributed by atoms with Crippen LogP contribution in [0.1, 0.15) is 16.7 Å². The zero-order valence-electron chi connectivity index (χ0n) is 13.9. The van der Waals surface area contributed by atoms with Crippen molar-refractivity contribution in [2.24, 2.45) is 0 Å². The van der Waals surface area contributed by atoms with Gasteiger partial charge in [0.2, 0.25) is 0 Å². The molecule has 3 aromatic carbocycles. The van der Waals surface area contributed by atoms with Crippen molar-refractivity contribution in [1.29, 1.82) is 5.26 Å². The normalized spacial score (nSPS) is 10.2. The zero-order valence-corrected chi connectivity index (χ0v) is 13.9. The number of hydrogen-bond acceptors (Lipinski definition) is 5. The van der Waals surface area contributed by atoms with Crippen molar-refractivity contribution < 1.29 is 19.7 Å². The average molecular weight is 347 g/mol. The molecule has 2 N–H and O–H groups in total. The lowest BCUT2D eigenvalue weighted by atomic mass is 10.2. The molecule has 0 saturated carbocycles. The van der Waals surface area contributed by atoms with E-state index in [1.54, 1.807) is 66.7 Å². The highest BCUT2D eigenvalue weighted by molar-refractivity contribution is 5.45. The van der Waals surface area contributed by atoms with E-state index in [0.29, 0.717) is 34.1 Å². The lowest BCUT2D eigenvalue weighted by Gasteiger charge is -2.13. The van der Waals surface area contributed by atoms with Crippen LogP contribution in [-0.2, 0) is 13.2 Å². The minimum Gasteiger partial charge on any atom is -0.457 e. The minimum atomic E-state index is -0.209. The molecule has 0 amide bonds. The van der Waals surface area contributed by atoms with Crippen LogP contribution in [0.2, 0.25) is 0 Å². The van der Waals surface area contributed by atoms with Gasteiger partial charge < -0.3 is 19.7 Å². The van der Waals surface area contributed by atoms with Crippen molar-refractivity contribution in [3.8, 4) is 29.1 Å². The maximum Gasteiger partial charge on any atom is 0.133 e. The molecule has 5 heteroatoms. The summed E-state index contributed by atoms with van der Waals surface area (Å²) in [6.45, 7) is -0.277. The fourth-order valence-corrected chi connectivity index (χ4v) is 2.41. The van der Waals surface area contributed by atoms with E-state index in [-0.39, 0.29) is 13.2 Å². The molecule has 0 atom stereocenters. The molecule has 0 aromatic heterocycles. The molecular formula is C21H17NO4.